The number of esters is 9. The Morgan fingerprint density at radius 1 is 0.394 bits per heavy atom. The number of nitrogens with zero attached hydrogens (tertiary/aromatic N) is 1. The van der Waals surface area contributed by atoms with Crippen molar-refractivity contribution in [2.24, 2.45) is 0 Å². The molecule has 0 fully saturated rings. The van der Waals surface area contributed by atoms with E-state index in [0.717, 1.165) is 0 Å². The second-order valence-electron chi connectivity index (χ2n) is 14.3. The van der Waals surface area contributed by atoms with Crippen molar-refractivity contribution in [3.05, 3.63) is 36.5 Å². The minimum atomic E-state index is -6.60. The van der Waals surface area contributed by atoms with E-state index in [1.165, 1.54) is 20.8 Å². The van der Waals surface area contributed by atoms with Crippen LogP contribution >= 0.6 is 0 Å². The summed E-state index contributed by atoms with van der Waals surface area (Å²) in [4.78, 5) is 107. The fraction of sp³-hybridized carbons (Fsp3) is 0.615. The van der Waals surface area contributed by atoms with Crippen molar-refractivity contribution in [2.75, 3.05) is 86.1 Å². The molecule has 0 aromatic heterocycles. The molecule has 1 N–H and O–H groups in total. The summed E-state index contributed by atoms with van der Waals surface area (Å²) in [6.07, 6.45) is -1.69. The number of halogens is 6. The summed E-state index contributed by atoms with van der Waals surface area (Å²) in [5, 5.41) is 0. The Balaban J connectivity index is 0. The van der Waals surface area contributed by atoms with Crippen molar-refractivity contribution in [1.29, 1.82) is 0 Å². The average Bonchev–Trinajstić information content (AvgIpc) is 3.24. The van der Waals surface area contributed by atoms with Crippen molar-refractivity contribution in [2.45, 2.75) is 70.3 Å². The highest BCUT2D eigenvalue weighted by Crippen LogP contribution is 2.27. The van der Waals surface area contributed by atoms with Crippen LogP contribution < -0.4 is 4.13 Å². The van der Waals surface area contributed by atoms with Crippen LogP contribution in [0.15, 0.2) is 36.5 Å². The van der Waals surface area contributed by atoms with E-state index in [0.29, 0.717) is 0 Å². The highest BCUT2D eigenvalue weighted by Gasteiger charge is 2.55. The number of alkyl halides is 6. The molecule has 406 valence electrons. The second kappa shape index (κ2) is 32.7. The molecule has 0 unspecified atom stereocenters. The molecule has 0 aromatic carbocycles. The van der Waals surface area contributed by atoms with Crippen LogP contribution in [-0.2, 0) is 106 Å². The van der Waals surface area contributed by atoms with Crippen LogP contribution in [0.3, 0.4) is 0 Å². The van der Waals surface area contributed by atoms with E-state index in [9.17, 15) is 86.3 Å². The van der Waals surface area contributed by atoms with Crippen molar-refractivity contribution in [3.8, 4) is 0 Å². The minimum absolute atomic E-state index is 0.0780. The lowest BCUT2D eigenvalue weighted by Gasteiger charge is -2.33. The molecule has 0 aliphatic heterocycles. The molecule has 0 rings (SSSR count). The number of hydrogen-bond acceptors (Lipinski definition) is 22. The van der Waals surface area contributed by atoms with Crippen LogP contribution in [0, 0.1) is 0 Å². The van der Waals surface area contributed by atoms with Gasteiger partial charge in [-0.25, -0.2) is 31.2 Å². The number of ether oxygens (including phenoxy) is 9. The van der Waals surface area contributed by atoms with Crippen molar-refractivity contribution >= 4 is 73.8 Å². The lowest BCUT2D eigenvalue weighted by atomic mass is 10.3. The third kappa shape index (κ3) is 32.4. The zero-order valence-corrected chi connectivity index (χ0v) is 40.5. The molecule has 0 aliphatic carbocycles. The number of nitrogens with one attached hydrogen (secondary N) is 1. The number of rotatable bonds is 32. The number of quaternary nitrogens is 1. The van der Waals surface area contributed by atoms with Gasteiger partial charge in [0.15, 0.2) is 0 Å². The van der Waals surface area contributed by atoms with Gasteiger partial charge in [-0.2, -0.15) is 26.3 Å². The largest absolute Gasteiger partial charge is 0.512 e. The highest BCUT2D eigenvalue weighted by molar-refractivity contribution is 8.05. The summed E-state index contributed by atoms with van der Waals surface area (Å²) in [6, 6.07) is 0. The first-order valence-corrected chi connectivity index (χ1v) is 23.2. The first-order valence-electron chi connectivity index (χ1n) is 20.2. The predicted molar refractivity (Wildman–Crippen MR) is 225 cm³/mol. The van der Waals surface area contributed by atoms with Gasteiger partial charge in [0.05, 0.1) is 45.6 Å². The van der Waals surface area contributed by atoms with Gasteiger partial charge in [-0.3, -0.25) is 28.8 Å². The Morgan fingerprint density at radius 2 is 0.577 bits per heavy atom. The number of carbonyl (C=O) groups is 9. The Bertz CT molecular complexity index is 1920. The molecule has 0 atom stereocenters. The fourth-order valence-corrected chi connectivity index (χ4v) is 5.91. The topological polar surface area (TPSA) is 317 Å². The molecular formula is C39H55F6N2O22S2+. The van der Waals surface area contributed by atoms with Gasteiger partial charge in [0.1, 0.15) is 79.1 Å². The lowest BCUT2D eigenvalue weighted by Crippen LogP contribution is -2.51. The smallest absolute Gasteiger partial charge is 0.462 e. The Kier molecular flexibility index (Phi) is 30.8. The monoisotopic (exact) mass is 1080 g/mol. The first kappa shape index (κ1) is 66.9. The van der Waals surface area contributed by atoms with Gasteiger partial charge in [0.25, 0.3) is 0 Å². The van der Waals surface area contributed by atoms with E-state index in [1.54, 1.807) is 7.05 Å². The standard InChI is InChI=1S/C37H54NO18.C2HF6NO4S2/c1-26(2)35(45)54-23-20-51-32(42)11-8-29(39)48-17-14-38(7,15-18-49-30(40)9-12-33(43)52-21-24-55-36(46)27(3)4)16-19-50-31(41)10-13-34(44)53-22-25-56-37(47)28(5)6;3-1(4,5)14(10,11)9-15(12,13)2(6,7)8/h1,3,5,8-25H2,2,4,6-7H3;9H/q+1;. The third-order valence-electron chi connectivity index (χ3n) is 7.90. The zero-order valence-electron chi connectivity index (χ0n) is 38.9. The Hall–Kier alpha value is -6.15. The van der Waals surface area contributed by atoms with Gasteiger partial charge < -0.3 is 47.1 Å². The quantitative estimate of drug-likeness (QED) is 0.0250. The lowest BCUT2D eigenvalue weighted by molar-refractivity contribution is -0.910. The van der Waals surface area contributed by atoms with Crippen molar-refractivity contribution in [3.63, 3.8) is 0 Å². The molecule has 0 saturated heterocycles. The first-order chi connectivity index (χ1) is 32.6. The number of hydrogen-bond donors (Lipinski definition) is 1. The average molecular weight is 1080 g/mol. The number of sulfonamides is 2. The molecule has 0 aromatic rings. The van der Waals surface area contributed by atoms with E-state index >= 15 is 0 Å². The van der Waals surface area contributed by atoms with E-state index in [2.05, 4.69) is 19.7 Å². The van der Waals surface area contributed by atoms with Crippen LogP contribution in [0.5, 0.6) is 0 Å². The van der Waals surface area contributed by atoms with E-state index in [4.69, 9.17) is 42.6 Å². The van der Waals surface area contributed by atoms with Crippen LogP contribution in [0.4, 0.5) is 26.3 Å². The van der Waals surface area contributed by atoms with Crippen LogP contribution in [-0.4, -0.2) is 172 Å². The Morgan fingerprint density at radius 3 is 0.761 bits per heavy atom. The van der Waals surface area contributed by atoms with E-state index in [-0.39, 0.29) is 139 Å². The van der Waals surface area contributed by atoms with Gasteiger partial charge in [-0.1, -0.05) is 23.9 Å². The van der Waals surface area contributed by atoms with Crippen molar-refractivity contribution < 1.29 is 133 Å². The summed E-state index contributed by atoms with van der Waals surface area (Å²) >= 11 is 0. The van der Waals surface area contributed by atoms with Crippen LogP contribution in [0.2, 0.25) is 0 Å². The predicted octanol–water partition coefficient (Wildman–Crippen LogP) is 1.67. The third-order valence-corrected chi connectivity index (χ3v) is 10.9. The van der Waals surface area contributed by atoms with Gasteiger partial charge >= 0.3 is 84.8 Å². The normalized spacial score (nSPS) is 11.5. The molecule has 0 heterocycles. The van der Waals surface area contributed by atoms with Gasteiger partial charge in [-0.05, 0) is 20.8 Å². The van der Waals surface area contributed by atoms with E-state index in [1.807, 2.05) is 0 Å². The molecule has 32 heteroatoms. The highest BCUT2D eigenvalue weighted by atomic mass is 32.3. The summed E-state index contributed by atoms with van der Waals surface area (Å²) in [7, 11) is -11.5. The molecule has 0 saturated carbocycles. The molecule has 71 heavy (non-hydrogen) atoms. The van der Waals surface area contributed by atoms with Gasteiger partial charge in [0.2, 0.25) is 0 Å². The van der Waals surface area contributed by atoms with Crippen molar-refractivity contribution in [1.82, 2.24) is 4.13 Å². The molecule has 0 bridgehead atoms. The van der Waals surface area contributed by atoms with E-state index < -0.39 is 88.9 Å². The maximum absolute atomic E-state index is 12.3. The maximum atomic E-state index is 12.3. The maximum Gasteiger partial charge on any atom is 0.512 e. The number of carbonyl (C=O) groups excluding carboxylic acids is 9. The van der Waals surface area contributed by atoms with Crippen LogP contribution in [0.1, 0.15) is 59.3 Å². The summed E-state index contributed by atoms with van der Waals surface area (Å²) in [6.45, 7) is 13.7. The summed E-state index contributed by atoms with van der Waals surface area (Å²) in [5.41, 5.74) is -11.7. The second-order valence-corrected chi connectivity index (χ2v) is 17.9. The molecule has 0 aliphatic rings. The summed E-state index contributed by atoms with van der Waals surface area (Å²) in [5.74, 6) is -6.06. The van der Waals surface area contributed by atoms with Gasteiger partial charge in [0, 0.05) is 16.7 Å². The molecule has 0 amide bonds. The zero-order chi connectivity index (χ0) is 55.2. The molecule has 0 radical (unpaired) electrons. The SMILES string of the molecule is C=C(C)C(=O)OCCOC(=O)CCC(=O)OCC[N+](C)(CCOC(=O)CCC(=O)OCCOC(=O)C(=C)C)CCOC(=O)CCC(=O)OCCOC(=O)C(=C)C.O=S(=O)(NS(=O)(=O)C(F)(F)F)C(F)(F)F. The van der Waals surface area contributed by atoms with Crippen LogP contribution in [0.25, 0.3) is 0 Å². The Labute approximate surface area is 403 Å². The fourth-order valence-electron chi connectivity index (χ4n) is 4.00. The molecular weight excluding hydrogens is 1030 g/mol. The minimum Gasteiger partial charge on any atom is -0.462 e. The number of likely N-dealkylation sites (N-methyl/N-ethyl adjacent to an activating group) is 1. The molecule has 24 nitrogen and oxygen atoms in total. The van der Waals surface area contributed by atoms with Gasteiger partial charge in [-0.15, -0.1) is 0 Å². The summed E-state index contributed by atoms with van der Waals surface area (Å²) < 4.78 is 153. The molecule has 0 spiro atoms.